The molecule has 0 saturated carbocycles. The van der Waals surface area contributed by atoms with Crippen molar-refractivity contribution in [3.05, 3.63) is 0 Å². The highest BCUT2D eigenvalue weighted by Gasteiger charge is 2.34. The fourth-order valence-electron chi connectivity index (χ4n) is 2.60. The van der Waals surface area contributed by atoms with Gasteiger partial charge in [0, 0.05) is 26.2 Å². The highest BCUT2D eigenvalue weighted by molar-refractivity contribution is 14.0. The van der Waals surface area contributed by atoms with Crippen molar-refractivity contribution in [1.29, 1.82) is 0 Å². The minimum Gasteiger partial charge on any atom is -0.357 e. The number of unbranched alkanes of at least 4 members (excludes halogenated alkanes) is 2. The number of likely N-dealkylation sites (tertiary alicyclic amines) is 1. The topological polar surface area (TPSA) is 39.7 Å². The normalized spacial score (nSPS) is 19.5. The van der Waals surface area contributed by atoms with E-state index >= 15 is 0 Å². The van der Waals surface area contributed by atoms with Crippen LogP contribution >= 0.6 is 24.0 Å². The second-order valence-electron chi connectivity index (χ2n) is 5.86. The Kier molecular flexibility index (Phi) is 12.0. The van der Waals surface area contributed by atoms with E-state index in [0.717, 1.165) is 31.9 Å². The Morgan fingerprint density at radius 3 is 2.57 bits per heavy atom. The van der Waals surface area contributed by atoms with Crippen LogP contribution in [0.5, 0.6) is 0 Å². The molecule has 8 heteroatoms. The number of nitrogens with one attached hydrogen (secondary N) is 2. The summed E-state index contributed by atoms with van der Waals surface area (Å²) in [5.41, 5.74) is 0. The summed E-state index contributed by atoms with van der Waals surface area (Å²) in [6.45, 7) is 6.60. The van der Waals surface area contributed by atoms with Gasteiger partial charge in [-0.15, -0.1) is 24.0 Å². The van der Waals surface area contributed by atoms with Gasteiger partial charge in [-0.05, 0) is 32.2 Å². The molecule has 0 amide bonds. The Morgan fingerprint density at radius 2 is 1.96 bits per heavy atom. The monoisotopic (exact) mass is 450 g/mol. The molecule has 0 aromatic rings. The number of halogens is 4. The second kappa shape index (κ2) is 12.2. The van der Waals surface area contributed by atoms with Gasteiger partial charge >= 0.3 is 6.18 Å². The summed E-state index contributed by atoms with van der Waals surface area (Å²) in [4.78, 5) is 5.98. The molecule has 1 saturated heterocycles. The predicted molar refractivity (Wildman–Crippen MR) is 99.5 cm³/mol. The standard InChI is InChI=1S/C15H29F3N4.HI/c1-3-5-6-8-20-14(19-4-2)21-10-13-7-9-22(11-13)12-15(16,17)18;/h13H,3-12H2,1-2H3,(H2,19,20,21);1H. The van der Waals surface area contributed by atoms with Gasteiger partial charge in [0.25, 0.3) is 0 Å². The number of aliphatic imine (C=N–C) groups is 1. The first-order chi connectivity index (χ1) is 10.4. The van der Waals surface area contributed by atoms with Crippen LogP contribution in [0, 0.1) is 5.92 Å². The first-order valence-corrected chi connectivity index (χ1v) is 8.26. The molecular weight excluding hydrogens is 420 g/mol. The molecule has 138 valence electrons. The third-order valence-electron chi connectivity index (χ3n) is 3.70. The maximum absolute atomic E-state index is 12.4. The van der Waals surface area contributed by atoms with Crippen molar-refractivity contribution in [2.45, 2.75) is 45.7 Å². The van der Waals surface area contributed by atoms with Crippen LogP contribution < -0.4 is 10.6 Å². The number of hydrogen-bond acceptors (Lipinski definition) is 2. The molecule has 0 radical (unpaired) electrons. The highest BCUT2D eigenvalue weighted by atomic mass is 127. The van der Waals surface area contributed by atoms with Gasteiger partial charge in [-0.1, -0.05) is 19.8 Å². The molecule has 0 aliphatic carbocycles. The van der Waals surface area contributed by atoms with E-state index in [1.807, 2.05) is 6.92 Å². The third-order valence-corrected chi connectivity index (χ3v) is 3.70. The lowest BCUT2D eigenvalue weighted by Gasteiger charge is -2.17. The predicted octanol–water partition coefficient (Wildman–Crippen LogP) is 3.23. The molecule has 1 aliphatic heterocycles. The summed E-state index contributed by atoms with van der Waals surface area (Å²) < 4.78 is 37.1. The smallest absolute Gasteiger partial charge is 0.357 e. The van der Waals surface area contributed by atoms with E-state index in [0.29, 0.717) is 19.6 Å². The number of nitrogens with zero attached hydrogens (tertiary/aromatic N) is 2. The summed E-state index contributed by atoms with van der Waals surface area (Å²) in [5.74, 6) is 0.987. The van der Waals surface area contributed by atoms with Gasteiger partial charge in [-0.25, -0.2) is 0 Å². The van der Waals surface area contributed by atoms with Gasteiger partial charge < -0.3 is 10.6 Å². The number of hydrogen-bond donors (Lipinski definition) is 2. The number of rotatable bonds is 8. The van der Waals surface area contributed by atoms with Gasteiger partial charge in [-0.3, -0.25) is 9.89 Å². The highest BCUT2D eigenvalue weighted by Crippen LogP contribution is 2.22. The van der Waals surface area contributed by atoms with Crippen LogP contribution in [0.3, 0.4) is 0 Å². The minimum atomic E-state index is -4.10. The molecule has 1 heterocycles. The number of alkyl halides is 3. The average Bonchev–Trinajstić information content (AvgIpc) is 2.86. The van der Waals surface area contributed by atoms with Crippen LogP contribution in [0.4, 0.5) is 13.2 Å². The lowest BCUT2D eigenvalue weighted by atomic mass is 10.1. The van der Waals surface area contributed by atoms with Crippen LogP contribution in [-0.4, -0.2) is 56.3 Å². The summed E-state index contributed by atoms with van der Waals surface area (Å²) in [6.07, 6.45) is 0.139. The Hall–Kier alpha value is -0.250. The zero-order valence-electron chi connectivity index (χ0n) is 14.1. The molecule has 4 nitrogen and oxygen atoms in total. The van der Waals surface area contributed by atoms with E-state index in [9.17, 15) is 13.2 Å². The zero-order valence-corrected chi connectivity index (χ0v) is 16.4. The fourth-order valence-corrected chi connectivity index (χ4v) is 2.60. The largest absolute Gasteiger partial charge is 0.401 e. The molecule has 23 heavy (non-hydrogen) atoms. The molecular formula is C15H30F3IN4. The van der Waals surface area contributed by atoms with E-state index in [1.54, 1.807) is 0 Å². The lowest BCUT2D eigenvalue weighted by molar-refractivity contribution is -0.143. The molecule has 1 unspecified atom stereocenters. The molecule has 0 aromatic carbocycles. The Morgan fingerprint density at radius 1 is 1.22 bits per heavy atom. The van der Waals surface area contributed by atoms with Crippen molar-refractivity contribution in [3.8, 4) is 0 Å². The maximum atomic E-state index is 12.4. The summed E-state index contributed by atoms with van der Waals surface area (Å²) >= 11 is 0. The quantitative estimate of drug-likeness (QED) is 0.258. The summed E-state index contributed by atoms with van der Waals surface area (Å²) in [7, 11) is 0. The lowest BCUT2D eigenvalue weighted by Crippen LogP contribution is -2.38. The molecule has 1 rings (SSSR count). The number of guanidine groups is 1. The van der Waals surface area contributed by atoms with Gasteiger partial charge in [0.1, 0.15) is 0 Å². The Labute approximate surface area is 154 Å². The summed E-state index contributed by atoms with van der Waals surface area (Å²) in [6, 6.07) is 0. The fraction of sp³-hybridized carbons (Fsp3) is 0.933. The van der Waals surface area contributed by atoms with Crippen molar-refractivity contribution in [3.63, 3.8) is 0 Å². The molecule has 0 aromatic heterocycles. The zero-order chi connectivity index (χ0) is 16.4. The molecule has 2 N–H and O–H groups in total. The molecule has 1 fully saturated rings. The first-order valence-electron chi connectivity index (χ1n) is 8.26. The van der Waals surface area contributed by atoms with E-state index < -0.39 is 12.7 Å². The minimum absolute atomic E-state index is 0. The van der Waals surface area contributed by atoms with Crippen molar-refractivity contribution in [2.75, 3.05) is 39.3 Å². The van der Waals surface area contributed by atoms with Gasteiger partial charge in [0.2, 0.25) is 0 Å². The van der Waals surface area contributed by atoms with Crippen molar-refractivity contribution >= 4 is 29.9 Å². The summed E-state index contributed by atoms with van der Waals surface area (Å²) in [5, 5.41) is 6.45. The van der Waals surface area contributed by atoms with Gasteiger partial charge in [-0.2, -0.15) is 13.2 Å². The Bertz CT molecular complexity index is 337. The van der Waals surface area contributed by atoms with Crippen molar-refractivity contribution in [1.82, 2.24) is 15.5 Å². The van der Waals surface area contributed by atoms with Crippen LogP contribution in [0.15, 0.2) is 4.99 Å². The third kappa shape index (κ3) is 11.0. The molecule has 1 aliphatic rings. The Balaban J connectivity index is 0.00000484. The van der Waals surface area contributed by atoms with Crippen molar-refractivity contribution in [2.24, 2.45) is 10.9 Å². The van der Waals surface area contributed by atoms with Gasteiger partial charge in [0.05, 0.1) is 6.54 Å². The molecule has 0 spiro atoms. The van der Waals surface area contributed by atoms with Crippen LogP contribution in [-0.2, 0) is 0 Å². The van der Waals surface area contributed by atoms with E-state index in [2.05, 4.69) is 22.5 Å². The SMILES string of the molecule is CCCCCNC(=NCC1CCN(CC(F)(F)F)C1)NCC.I. The van der Waals surface area contributed by atoms with Crippen LogP contribution in [0.25, 0.3) is 0 Å². The van der Waals surface area contributed by atoms with Crippen LogP contribution in [0.2, 0.25) is 0 Å². The molecule has 0 bridgehead atoms. The second-order valence-corrected chi connectivity index (χ2v) is 5.86. The van der Waals surface area contributed by atoms with Gasteiger partial charge in [0.15, 0.2) is 5.96 Å². The average molecular weight is 450 g/mol. The van der Waals surface area contributed by atoms with E-state index in [-0.39, 0.29) is 29.9 Å². The van der Waals surface area contributed by atoms with Crippen LogP contribution in [0.1, 0.15) is 39.5 Å². The molecule has 1 atom stereocenters. The first kappa shape index (κ1) is 22.8. The van der Waals surface area contributed by atoms with E-state index in [4.69, 9.17) is 0 Å². The van der Waals surface area contributed by atoms with Crippen molar-refractivity contribution < 1.29 is 13.2 Å². The van der Waals surface area contributed by atoms with E-state index in [1.165, 1.54) is 17.7 Å². The maximum Gasteiger partial charge on any atom is 0.401 e.